The number of hydrogen-bond donors (Lipinski definition) is 0. The fraction of sp³-hybridized carbons (Fsp3) is 0.722. The van der Waals surface area contributed by atoms with E-state index in [1.807, 2.05) is 23.3 Å². The summed E-state index contributed by atoms with van der Waals surface area (Å²) in [6.07, 6.45) is 3.91. The fourth-order valence-electron chi connectivity index (χ4n) is 3.62. The van der Waals surface area contributed by atoms with E-state index in [-0.39, 0.29) is 17.6 Å². The van der Waals surface area contributed by atoms with Crippen LogP contribution >= 0.6 is 11.3 Å². The molecule has 0 saturated carbocycles. The van der Waals surface area contributed by atoms with Crippen molar-refractivity contribution >= 4 is 17.2 Å². The summed E-state index contributed by atoms with van der Waals surface area (Å²) in [5, 5.41) is 1.99. The first-order valence-electron chi connectivity index (χ1n) is 8.71. The maximum atomic E-state index is 12.6. The quantitative estimate of drug-likeness (QED) is 0.764. The van der Waals surface area contributed by atoms with Crippen molar-refractivity contribution < 1.29 is 19.0 Å². The summed E-state index contributed by atoms with van der Waals surface area (Å²) < 4.78 is 17.1. The Balaban J connectivity index is 1.54. The van der Waals surface area contributed by atoms with Crippen molar-refractivity contribution in [2.75, 3.05) is 40.0 Å². The van der Waals surface area contributed by atoms with Crippen LogP contribution in [0.15, 0.2) is 11.4 Å². The van der Waals surface area contributed by atoms with Crippen molar-refractivity contribution in [3.8, 4) is 0 Å². The Bertz CT molecular complexity index is 551. The molecule has 1 aromatic heterocycles. The number of carbonyl (C=O) groups excluding carboxylic acids is 1. The van der Waals surface area contributed by atoms with Gasteiger partial charge in [0, 0.05) is 33.2 Å². The average molecular weight is 353 g/mol. The van der Waals surface area contributed by atoms with Gasteiger partial charge in [-0.15, -0.1) is 11.3 Å². The van der Waals surface area contributed by atoms with E-state index in [1.165, 1.54) is 11.3 Å². The monoisotopic (exact) mass is 353 g/mol. The lowest BCUT2D eigenvalue weighted by molar-refractivity contribution is -0.154. The molecule has 3 heterocycles. The van der Waals surface area contributed by atoms with E-state index < -0.39 is 0 Å². The van der Waals surface area contributed by atoms with Crippen molar-refractivity contribution in [1.29, 1.82) is 0 Å². The number of ether oxygens (including phenoxy) is 3. The van der Waals surface area contributed by atoms with Crippen LogP contribution in [0, 0.1) is 6.92 Å². The van der Waals surface area contributed by atoms with Crippen LogP contribution in [0.1, 0.15) is 40.9 Å². The molecule has 2 fully saturated rings. The number of carbonyl (C=O) groups is 1. The Morgan fingerprint density at radius 3 is 2.88 bits per heavy atom. The predicted octanol–water partition coefficient (Wildman–Crippen LogP) is 2.87. The lowest BCUT2D eigenvalue weighted by atomic mass is 9.83. The molecule has 24 heavy (non-hydrogen) atoms. The third kappa shape index (κ3) is 3.99. The first kappa shape index (κ1) is 17.9. The standard InChI is InChI=1S/C18H27NO4S/c1-14-4-12-24-16(14)17(20)19-7-5-18(6-8-19)13-15(3-9-23-18)22-11-10-21-2/h4,12,15H,3,5-11,13H2,1-2H3. The molecule has 1 atom stereocenters. The Labute approximate surface area is 147 Å². The maximum absolute atomic E-state index is 12.6. The van der Waals surface area contributed by atoms with Gasteiger partial charge in [-0.25, -0.2) is 0 Å². The van der Waals surface area contributed by atoms with Crippen LogP contribution in [0.25, 0.3) is 0 Å². The molecule has 3 rings (SSSR count). The second-order valence-corrected chi connectivity index (χ2v) is 7.65. The number of hydrogen-bond acceptors (Lipinski definition) is 5. The van der Waals surface area contributed by atoms with Crippen LogP contribution in [0.4, 0.5) is 0 Å². The summed E-state index contributed by atoms with van der Waals surface area (Å²) >= 11 is 1.54. The van der Waals surface area contributed by atoms with Crippen LogP contribution in [-0.4, -0.2) is 62.5 Å². The molecular formula is C18H27NO4S. The fourth-order valence-corrected chi connectivity index (χ4v) is 4.52. The molecular weight excluding hydrogens is 326 g/mol. The Hall–Kier alpha value is -0.950. The van der Waals surface area contributed by atoms with Gasteiger partial charge >= 0.3 is 0 Å². The Kier molecular flexibility index (Phi) is 5.92. The molecule has 2 aliphatic heterocycles. The highest BCUT2D eigenvalue weighted by Gasteiger charge is 2.41. The van der Waals surface area contributed by atoms with Gasteiger partial charge in [-0.3, -0.25) is 4.79 Å². The van der Waals surface area contributed by atoms with Crippen LogP contribution in [0.5, 0.6) is 0 Å². The van der Waals surface area contributed by atoms with Crippen LogP contribution in [0.3, 0.4) is 0 Å². The molecule has 0 radical (unpaired) electrons. The minimum absolute atomic E-state index is 0.114. The summed E-state index contributed by atoms with van der Waals surface area (Å²) in [6, 6.07) is 2.01. The molecule has 1 aromatic rings. The van der Waals surface area contributed by atoms with E-state index in [0.717, 1.165) is 55.8 Å². The average Bonchev–Trinajstić information content (AvgIpc) is 3.01. The summed E-state index contributed by atoms with van der Waals surface area (Å²) in [4.78, 5) is 15.5. The first-order chi connectivity index (χ1) is 11.6. The SMILES string of the molecule is COCCOC1CCOC2(CCN(C(=O)c3sccc3C)CC2)C1. The van der Waals surface area contributed by atoms with Gasteiger partial charge in [-0.1, -0.05) is 0 Å². The van der Waals surface area contributed by atoms with Crippen LogP contribution < -0.4 is 0 Å². The molecule has 0 bridgehead atoms. The van der Waals surface area contributed by atoms with E-state index in [2.05, 4.69) is 0 Å². The second kappa shape index (κ2) is 7.95. The van der Waals surface area contributed by atoms with Gasteiger partial charge in [-0.05, 0) is 43.2 Å². The molecule has 1 amide bonds. The number of likely N-dealkylation sites (tertiary alicyclic amines) is 1. The number of piperidine rings is 1. The van der Waals surface area contributed by atoms with Crippen LogP contribution in [-0.2, 0) is 14.2 Å². The highest BCUT2D eigenvalue weighted by molar-refractivity contribution is 7.12. The smallest absolute Gasteiger partial charge is 0.264 e. The van der Waals surface area contributed by atoms with Gasteiger partial charge in [0.25, 0.3) is 5.91 Å². The maximum Gasteiger partial charge on any atom is 0.264 e. The minimum Gasteiger partial charge on any atom is -0.382 e. The van der Waals surface area contributed by atoms with E-state index in [0.29, 0.717) is 13.2 Å². The Morgan fingerprint density at radius 2 is 2.21 bits per heavy atom. The summed E-state index contributed by atoms with van der Waals surface area (Å²) in [5.74, 6) is 0.168. The van der Waals surface area contributed by atoms with Crippen molar-refractivity contribution in [3.05, 3.63) is 21.9 Å². The van der Waals surface area contributed by atoms with E-state index in [4.69, 9.17) is 14.2 Å². The normalized spacial score (nSPS) is 23.6. The molecule has 2 aliphatic rings. The molecule has 1 unspecified atom stereocenters. The topological polar surface area (TPSA) is 48.0 Å². The van der Waals surface area contributed by atoms with E-state index >= 15 is 0 Å². The highest BCUT2D eigenvalue weighted by atomic mass is 32.1. The van der Waals surface area contributed by atoms with Gasteiger partial charge in [0.15, 0.2) is 0 Å². The number of nitrogens with zero attached hydrogens (tertiary/aromatic N) is 1. The number of aryl methyl sites for hydroxylation is 1. The van der Waals surface area contributed by atoms with Gasteiger partial charge in [-0.2, -0.15) is 0 Å². The lowest BCUT2D eigenvalue weighted by Crippen LogP contribution is -2.52. The van der Waals surface area contributed by atoms with Crippen LogP contribution in [0.2, 0.25) is 0 Å². The minimum atomic E-state index is -0.114. The Morgan fingerprint density at radius 1 is 1.42 bits per heavy atom. The highest BCUT2D eigenvalue weighted by Crippen LogP contribution is 2.36. The third-order valence-corrected chi connectivity index (χ3v) is 6.11. The predicted molar refractivity (Wildman–Crippen MR) is 93.7 cm³/mol. The van der Waals surface area contributed by atoms with Gasteiger partial charge < -0.3 is 19.1 Å². The number of rotatable bonds is 5. The van der Waals surface area contributed by atoms with Crippen molar-refractivity contribution in [1.82, 2.24) is 4.90 Å². The zero-order valence-corrected chi connectivity index (χ0v) is 15.4. The number of methoxy groups -OCH3 is 1. The number of thiophene rings is 1. The molecule has 2 saturated heterocycles. The zero-order valence-electron chi connectivity index (χ0n) is 14.6. The second-order valence-electron chi connectivity index (χ2n) is 6.73. The largest absolute Gasteiger partial charge is 0.382 e. The summed E-state index contributed by atoms with van der Waals surface area (Å²) in [6.45, 7) is 5.55. The number of amides is 1. The molecule has 0 aliphatic carbocycles. The summed E-state index contributed by atoms with van der Waals surface area (Å²) in [5.41, 5.74) is 0.961. The van der Waals surface area contributed by atoms with E-state index in [9.17, 15) is 4.79 Å². The molecule has 1 spiro atoms. The molecule has 6 heteroatoms. The summed E-state index contributed by atoms with van der Waals surface area (Å²) in [7, 11) is 1.69. The van der Waals surface area contributed by atoms with E-state index in [1.54, 1.807) is 7.11 Å². The molecule has 0 N–H and O–H groups in total. The molecule has 5 nitrogen and oxygen atoms in total. The first-order valence-corrected chi connectivity index (χ1v) is 9.59. The van der Waals surface area contributed by atoms with Gasteiger partial charge in [0.1, 0.15) is 0 Å². The van der Waals surface area contributed by atoms with Crippen molar-refractivity contribution in [2.45, 2.75) is 44.3 Å². The van der Waals surface area contributed by atoms with Crippen molar-refractivity contribution in [3.63, 3.8) is 0 Å². The molecule has 134 valence electrons. The van der Waals surface area contributed by atoms with Gasteiger partial charge in [0.05, 0.1) is 29.8 Å². The lowest BCUT2D eigenvalue weighted by Gasteiger charge is -2.46. The molecule has 0 aromatic carbocycles. The van der Waals surface area contributed by atoms with Crippen molar-refractivity contribution in [2.24, 2.45) is 0 Å². The zero-order chi connectivity index (χ0) is 17.0. The van der Waals surface area contributed by atoms with Gasteiger partial charge in [0.2, 0.25) is 0 Å². The third-order valence-electron chi connectivity index (χ3n) is 5.11.